The third kappa shape index (κ3) is 5.54. The van der Waals surface area contributed by atoms with Crippen molar-refractivity contribution in [1.29, 1.82) is 5.41 Å². The number of primary amides is 1. The first-order valence-corrected chi connectivity index (χ1v) is 13.6. The van der Waals surface area contributed by atoms with Crippen molar-refractivity contribution >= 4 is 29.1 Å². The third-order valence-corrected chi connectivity index (χ3v) is 7.90. The SMILES string of the molecule is N=C1C(Cl)=CC(C(=O)NC[C@](O)(c2cc3c(c(-c4ccc(F)cc4)n2)OC[C@]3(CF)C(N)=O)C(F)(F)F)=C/C1=C/NC1CC1. The molecule has 1 aromatic carbocycles. The van der Waals surface area contributed by atoms with Gasteiger partial charge in [0.05, 0.1) is 23.0 Å². The fourth-order valence-electron chi connectivity index (χ4n) is 4.68. The summed E-state index contributed by atoms with van der Waals surface area (Å²) in [4.78, 5) is 29.4. The molecule has 1 fully saturated rings. The molecule has 0 unspecified atom stereocenters. The minimum absolute atomic E-state index is 0.0332. The normalized spacial score (nSPS) is 22.0. The molecule has 2 aliphatic carbocycles. The molecule has 0 radical (unpaired) electrons. The van der Waals surface area contributed by atoms with Gasteiger partial charge >= 0.3 is 6.18 Å². The number of carbonyl (C=O) groups excluding carboxylic acids is 2. The van der Waals surface area contributed by atoms with Crippen LogP contribution in [-0.4, -0.2) is 59.7 Å². The quantitative estimate of drug-likeness (QED) is 0.266. The number of nitrogens with one attached hydrogen (secondary N) is 3. The highest BCUT2D eigenvalue weighted by Crippen LogP contribution is 2.48. The number of rotatable bonds is 9. The van der Waals surface area contributed by atoms with E-state index in [1.54, 1.807) is 0 Å². The van der Waals surface area contributed by atoms with Crippen molar-refractivity contribution in [3.05, 3.63) is 81.9 Å². The highest BCUT2D eigenvalue weighted by atomic mass is 35.5. The lowest BCUT2D eigenvalue weighted by Crippen LogP contribution is -2.52. The number of nitrogens with zero attached hydrogens (tertiary/aromatic N) is 1. The Morgan fingerprint density at radius 2 is 1.91 bits per heavy atom. The molecule has 15 heteroatoms. The number of amides is 2. The van der Waals surface area contributed by atoms with Gasteiger partial charge in [0, 0.05) is 34.5 Å². The summed E-state index contributed by atoms with van der Waals surface area (Å²) in [5, 5.41) is 24.2. The Bertz CT molecular complexity index is 1640. The van der Waals surface area contributed by atoms with Crippen LogP contribution >= 0.6 is 11.6 Å². The van der Waals surface area contributed by atoms with Crippen LogP contribution in [0.25, 0.3) is 11.3 Å². The zero-order chi connectivity index (χ0) is 32.0. The highest BCUT2D eigenvalue weighted by Gasteiger charge is 2.58. The fourth-order valence-corrected chi connectivity index (χ4v) is 4.91. The standard InChI is InChI=1S/C29H25ClF5N5O4/c30-20-8-15(7-16(22(20)36)10-38-18-5-6-18)25(41)39-12-28(43,29(33,34)35)21-9-19-24(44-13-27(19,11-31)26(37)42)23(40-21)14-1-3-17(32)4-2-14/h1-4,7-10,18,36,38,43H,5-6,11-13H2,(H2,37,42)(H,39,41)/b16-10-,36-22?/t27-,28-/m0/s1. The molecule has 3 aliphatic rings. The largest absolute Gasteiger partial charge is 0.489 e. The van der Waals surface area contributed by atoms with Crippen molar-refractivity contribution in [2.45, 2.75) is 36.1 Å². The molecule has 1 aromatic heterocycles. The van der Waals surface area contributed by atoms with Crippen LogP contribution in [0.15, 0.2) is 64.9 Å². The van der Waals surface area contributed by atoms with Gasteiger partial charge < -0.3 is 26.2 Å². The van der Waals surface area contributed by atoms with Crippen LogP contribution in [0.4, 0.5) is 22.0 Å². The number of aromatic nitrogens is 1. The summed E-state index contributed by atoms with van der Waals surface area (Å²) in [5.74, 6) is -3.23. The molecule has 232 valence electrons. The van der Waals surface area contributed by atoms with Crippen LogP contribution in [0.2, 0.25) is 0 Å². The molecule has 0 bridgehead atoms. The maximum Gasteiger partial charge on any atom is 0.424 e. The van der Waals surface area contributed by atoms with E-state index in [-0.39, 0.29) is 44.9 Å². The number of carbonyl (C=O) groups is 2. The number of allylic oxidation sites excluding steroid dienone is 3. The van der Waals surface area contributed by atoms with Crippen LogP contribution in [0.1, 0.15) is 24.1 Å². The number of hydrogen-bond donors (Lipinski definition) is 5. The smallest absolute Gasteiger partial charge is 0.424 e. The van der Waals surface area contributed by atoms with Gasteiger partial charge in [-0.15, -0.1) is 0 Å². The number of ether oxygens (including phenoxy) is 1. The lowest BCUT2D eigenvalue weighted by atomic mass is 9.81. The van der Waals surface area contributed by atoms with Gasteiger partial charge in [0.2, 0.25) is 11.5 Å². The Kier molecular flexibility index (Phi) is 8.01. The van der Waals surface area contributed by atoms with E-state index in [1.807, 2.05) is 5.32 Å². The van der Waals surface area contributed by atoms with Crippen molar-refractivity contribution in [2.75, 3.05) is 19.8 Å². The number of alkyl halides is 4. The molecular weight excluding hydrogens is 613 g/mol. The topological polar surface area (TPSA) is 150 Å². The lowest BCUT2D eigenvalue weighted by molar-refractivity contribution is -0.265. The maximum absolute atomic E-state index is 14.6. The molecule has 0 spiro atoms. The van der Waals surface area contributed by atoms with Gasteiger partial charge in [0.15, 0.2) is 0 Å². The second-order valence-electron chi connectivity index (χ2n) is 10.7. The number of benzene rings is 1. The Morgan fingerprint density at radius 1 is 1.23 bits per heavy atom. The predicted molar refractivity (Wildman–Crippen MR) is 149 cm³/mol. The number of fused-ring (bicyclic) bond motifs is 1. The van der Waals surface area contributed by atoms with Crippen molar-refractivity contribution in [3.63, 3.8) is 0 Å². The number of aliphatic hydroxyl groups is 1. The summed E-state index contributed by atoms with van der Waals surface area (Å²) < 4.78 is 77.4. The highest BCUT2D eigenvalue weighted by molar-refractivity contribution is 6.47. The lowest BCUT2D eigenvalue weighted by Gasteiger charge is -2.31. The van der Waals surface area contributed by atoms with Crippen LogP contribution in [0, 0.1) is 11.2 Å². The van der Waals surface area contributed by atoms with Crippen LogP contribution in [0.3, 0.4) is 0 Å². The molecule has 1 aliphatic heterocycles. The van der Waals surface area contributed by atoms with Gasteiger partial charge in [-0.3, -0.25) is 15.0 Å². The first-order valence-electron chi connectivity index (χ1n) is 13.2. The predicted octanol–water partition coefficient (Wildman–Crippen LogP) is 3.56. The third-order valence-electron chi connectivity index (χ3n) is 7.60. The molecule has 1 saturated carbocycles. The van der Waals surface area contributed by atoms with E-state index in [1.165, 1.54) is 24.4 Å². The molecule has 2 aromatic rings. The zero-order valence-corrected chi connectivity index (χ0v) is 23.5. The van der Waals surface area contributed by atoms with Crippen LogP contribution < -0.4 is 21.1 Å². The second-order valence-corrected chi connectivity index (χ2v) is 11.1. The van der Waals surface area contributed by atoms with E-state index >= 15 is 0 Å². The molecule has 6 N–H and O–H groups in total. The van der Waals surface area contributed by atoms with Gasteiger partial charge in [-0.05, 0) is 55.3 Å². The molecule has 2 amide bonds. The Labute approximate surface area is 252 Å². The van der Waals surface area contributed by atoms with E-state index in [0.717, 1.165) is 31.1 Å². The Morgan fingerprint density at radius 3 is 2.50 bits per heavy atom. The summed E-state index contributed by atoms with van der Waals surface area (Å²) in [5.41, 5.74) is -2.51. The van der Waals surface area contributed by atoms with Gasteiger partial charge in [0.25, 0.3) is 5.91 Å². The van der Waals surface area contributed by atoms with E-state index in [4.69, 9.17) is 27.5 Å². The molecule has 9 nitrogen and oxygen atoms in total. The van der Waals surface area contributed by atoms with Crippen molar-refractivity contribution in [1.82, 2.24) is 15.6 Å². The van der Waals surface area contributed by atoms with E-state index in [2.05, 4.69) is 10.3 Å². The average molecular weight is 638 g/mol. The molecule has 2 atom stereocenters. The second kappa shape index (κ2) is 11.3. The number of pyridine rings is 1. The summed E-state index contributed by atoms with van der Waals surface area (Å²) in [6.45, 7) is -3.56. The van der Waals surface area contributed by atoms with Crippen molar-refractivity contribution in [3.8, 4) is 17.0 Å². The Balaban J connectivity index is 1.55. The first-order chi connectivity index (χ1) is 20.7. The summed E-state index contributed by atoms with van der Waals surface area (Å²) >= 11 is 6.10. The van der Waals surface area contributed by atoms with E-state index in [0.29, 0.717) is 6.07 Å². The van der Waals surface area contributed by atoms with E-state index < -0.39 is 65.9 Å². The van der Waals surface area contributed by atoms with Crippen LogP contribution in [0.5, 0.6) is 5.75 Å². The van der Waals surface area contributed by atoms with Crippen molar-refractivity contribution < 1.29 is 41.4 Å². The number of halogens is 6. The molecule has 2 heterocycles. The minimum atomic E-state index is -5.47. The molecule has 0 saturated heterocycles. The van der Waals surface area contributed by atoms with Gasteiger partial charge in [-0.1, -0.05) is 11.6 Å². The van der Waals surface area contributed by atoms with Gasteiger partial charge in [0.1, 0.15) is 36.0 Å². The summed E-state index contributed by atoms with van der Waals surface area (Å²) in [6.07, 6.45) is 0.211. The maximum atomic E-state index is 14.6. The molecule has 5 rings (SSSR count). The van der Waals surface area contributed by atoms with E-state index in [9.17, 15) is 36.6 Å². The summed E-state index contributed by atoms with van der Waals surface area (Å²) in [7, 11) is 0. The first kappa shape index (κ1) is 31.1. The van der Waals surface area contributed by atoms with Crippen molar-refractivity contribution in [2.24, 2.45) is 5.73 Å². The zero-order valence-electron chi connectivity index (χ0n) is 22.7. The number of hydrogen-bond acceptors (Lipinski definition) is 7. The summed E-state index contributed by atoms with van der Waals surface area (Å²) in [6, 6.07) is 5.22. The van der Waals surface area contributed by atoms with Gasteiger partial charge in [-0.2, -0.15) is 13.2 Å². The minimum Gasteiger partial charge on any atom is -0.489 e. The fraction of sp³-hybridized carbons (Fsp3) is 0.310. The molecule has 44 heavy (non-hydrogen) atoms. The average Bonchev–Trinajstić information content (AvgIpc) is 3.73. The monoisotopic (exact) mass is 637 g/mol. The number of nitrogens with two attached hydrogens (primary N) is 1. The van der Waals surface area contributed by atoms with Gasteiger partial charge in [-0.25, -0.2) is 13.8 Å². The molecular formula is C29H25ClF5N5O4. The Hall–Kier alpha value is -4.30. The van der Waals surface area contributed by atoms with Crippen LogP contribution in [-0.2, 0) is 20.6 Å².